The van der Waals surface area contributed by atoms with Gasteiger partial charge < -0.3 is 4.42 Å². The first-order valence-electron chi connectivity index (χ1n) is 8.88. The van der Waals surface area contributed by atoms with E-state index >= 15 is 0 Å². The van der Waals surface area contributed by atoms with Crippen LogP contribution in [0, 0.1) is 6.92 Å². The van der Waals surface area contributed by atoms with Gasteiger partial charge in [-0.2, -0.15) is 4.57 Å². The molecule has 0 saturated heterocycles. The predicted molar refractivity (Wildman–Crippen MR) is 109 cm³/mol. The largest absolute Gasteiger partial charge is 0.455 e. The molecule has 27 heavy (non-hydrogen) atoms. The zero-order valence-electron chi connectivity index (χ0n) is 14.9. The normalized spacial score (nSPS) is 12.1. The van der Waals surface area contributed by atoms with Crippen LogP contribution in [0.15, 0.2) is 64.5 Å². The van der Waals surface area contributed by atoms with Crippen molar-refractivity contribution in [3.8, 4) is 11.3 Å². The minimum absolute atomic E-state index is 0.920. The summed E-state index contributed by atoms with van der Waals surface area (Å²) in [4.78, 5) is 4.78. The van der Waals surface area contributed by atoms with Crippen LogP contribution < -0.4 is 4.57 Å². The Hall–Kier alpha value is -3.18. The highest BCUT2D eigenvalue weighted by Crippen LogP contribution is 2.39. The summed E-state index contributed by atoms with van der Waals surface area (Å²) in [7, 11) is 2.09. The van der Waals surface area contributed by atoms with Crippen molar-refractivity contribution in [2.45, 2.75) is 6.92 Å². The van der Waals surface area contributed by atoms with Crippen molar-refractivity contribution < 1.29 is 8.98 Å². The first kappa shape index (κ1) is 14.9. The number of hydrogen-bond acceptors (Lipinski definition) is 3. The van der Waals surface area contributed by atoms with E-state index in [1.54, 1.807) is 11.5 Å². The number of nitrogens with zero attached hydrogens (tertiary/aromatic N) is 3. The van der Waals surface area contributed by atoms with Crippen molar-refractivity contribution in [3.05, 3.63) is 65.7 Å². The maximum Gasteiger partial charge on any atom is 0.243 e. The Morgan fingerprint density at radius 1 is 1.04 bits per heavy atom. The van der Waals surface area contributed by atoms with Crippen molar-refractivity contribution in [1.29, 1.82) is 0 Å². The number of rotatable bonds is 1. The van der Waals surface area contributed by atoms with E-state index in [1.807, 2.05) is 12.1 Å². The minimum Gasteiger partial charge on any atom is -0.455 e. The summed E-state index contributed by atoms with van der Waals surface area (Å²) in [6.45, 7) is 2.15. The second kappa shape index (κ2) is 5.18. The number of aryl methyl sites for hydroxylation is 2. The number of benzene rings is 2. The van der Waals surface area contributed by atoms with Crippen LogP contribution in [-0.4, -0.2) is 8.77 Å². The Balaban J connectivity index is 1.86. The van der Waals surface area contributed by atoms with E-state index in [9.17, 15) is 0 Å². The lowest BCUT2D eigenvalue weighted by molar-refractivity contribution is -0.659. The van der Waals surface area contributed by atoms with Crippen molar-refractivity contribution >= 4 is 50.2 Å². The monoisotopic (exact) mass is 370 g/mol. The molecule has 0 fully saturated rings. The summed E-state index contributed by atoms with van der Waals surface area (Å²) >= 11 is 1.67. The highest BCUT2D eigenvalue weighted by atomic mass is 32.1. The van der Waals surface area contributed by atoms with Gasteiger partial charge in [-0.15, -0.1) is 0 Å². The average molecular weight is 370 g/mol. The zero-order chi connectivity index (χ0) is 18.1. The number of furan rings is 1. The summed E-state index contributed by atoms with van der Waals surface area (Å²) in [6.07, 6.45) is 2.08. The van der Waals surface area contributed by atoms with Gasteiger partial charge in [-0.25, -0.2) is 8.77 Å². The van der Waals surface area contributed by atoms with Gasteiger partial charge in [-0.05, 0) is 24.6 Å². The van der Waals surface area contributed by atoms with Gasteiger partial charge >= 0.3 is 0 Å². The number of para-hydroxylation sites is 1. The quantitative estimate of drug-likeness (QED) is 0.371. The van der Waals surface area contributed by atoms with Gasteiger partial charge in [-0.1, -0.05) is 41.9 Å². The summed E-state index contributed by atoms with van der Waals surface area (Å²) in [5, 5.41) is 4.38. The van der Waals surface area contributed by atoms with Crippen molar-refractivity contribution in [1.82, 2.24) is 8.77 Å². The van der Waals surface area contributed by atoms with Gasteiger partial charge in [0.1, 0.15) is 29.4 Å². The smallest absolute Gasteiger partial charge is 0.243 e. The first-order chi connectivity index (χ1) is 13.2. The van der Waals surface area contributed by atoms with Crippen LogP contribution in [0.3, 0.4) is 0 Å². The summed E-state index contributed by atoms with van der Waals surface area (Å²) in [5.74, 6) is 0. The molecule has 4 heterocycles. The van der Waals surface area contributed by atoms with E-state index < -0.39 is 0 Å². The Bertz CT molecular complexity index is 1500. The molecule has 130 valence electrons. The molecule has 0 unspecified atom stereocenters. The number of fused-ring (bicyclic) bond motifs is 6. The lowest BCUT2D eigenvalue weighted by Crippen LogP contribution is -2.31. The highest BCUT2D eigenvalue weighted by Gasteiger charge is 2.26. The SMILES string of the molecule is Cc1ccc2c(oc3ccccc32)c1-c1c2c(cc[n+]1C)nc1ccsn12. The molecular formula is C22H16N3OS+. The van der Waals surface area contributed by atoms with Crippen LogP contribution in [0.5, 0.6) is 0 Å². The molecule has 0 amide bonds. The molecule has 0 saturated carbocycles. The molecule has 4 aromatic heterocycles. The second-order valence-electron chi connectivity index (χ2n) is 6.91. The molecule has 6 rings (SSSR count). The molecule has 0 aliphatic rings. The van der Waals surface area contributed by atoms with Crippen molar-refractivity contribution in [2.75, 3.05) is 0 Å². The Kier molecular flexibility index (Phi) is 2.86. The van der Waals surface area contributed by atoms with E-state index in [0.29, 0.717) is 0 Å². The van der Waals surface area contributed by atoms with Gasteiger partial charge in [0, 0.05) is 22.2 Å². The fourth-order valence-electron chi connectivity index (χ4n) is 4.04. The Morgan fingerprint density at radius 3 is 2.85 bits per heavy atom. The van der Waals surface area contributed by atoms with Crippen LogP contribution in [-0.2, 0) is 7.05 Å². The molecule has 0 aliphatic heterocycles. The van der Waals surface area contributed by atoms with Gasteiger partial charge in [0.05, 0.1) is 5.56 Å². The second-order valence-corrected chi connectivity index (χ2v) is 7.76. The van der Waals surface area contributed by atoms with Crippen LogP contribution >= 0.6 is 11.5 Å². The molecule has 0 bridgehead atoms. The van der Waals surface area contributed by atoms with E-state index in [-0.39, 0.29) is 0 Å². The maximum atomic E-state index is 6.35. The predicted octanol–water partition coefficient (Wildman–Crippen LogP) is 5.25. The standard InChI is InChI=1S/C22H16N3OS/c1-13-7-8-15-14-5-3-4-6-17(14)26-22(15)19(13)21-20-16(9-11-24(21)2)23-18-10-12-27-25(18)20/h3-12H,1-2H3/q+1. The van der Waals surface area contributed by atoms with Crippen molar-refractivity contribution in [3.63, 3.8) is 0 Å². The van der Waals surface area contributed by atoms with E-state index in [0.717, 1.165) is 49.9 Å². The van der Waals surface area contributed by atoms with Crippen LogP contribution in [0.1, 0.15) is 5.56 Å². The average Bonchev–Trinajstić information content (AvgIpc) is 3.35. The van der Waals surface area contributed by atoms with Gasteiger partial charge in [0.15, 0.2) is 11.7 Å². The van der Waals surface area contributed by atoms with Gasteiger partial charge in [-0.3, -0.25) is 0 Å². The van der Waals surface area contributed by atoms with Crippen molar-refractivity contribution in [2.24, 2.45) is 7.05 Å². The highest BCUT2D eigenvalue weighted by molar-refractivity contribution is 7.05. The number of imidazole rings is 1. The van der Waals surface area contributed by atoms with Gasteiger partial charge in [0.25, 0.3) is 0 Å². The molecule has 5 heteroatoms. The van der Waals surface area contributed by atoms with Crippen LogP contribution in [0.4, 0.5) is 0 Å². The van der Waals surface area contributed by atoms with E-state index in [1.165, 1.54) is 5.56 Å². The molecule has 0 radical (unpaired) electrons. The first-order valence-corrected chi connectivity index (χ1v) is 9.72. The number of aromatic nitrogens is 3. The summed E-state index contributed by atoms with van der Waals surface area (Å²) in [6, 6.07) is 16.7. The maximum absolute atomic E-state index is 6.35. The van der Waals surface area contributed by atoms with Crippen LogP contribution in [0.25, 0.3) is 49.9 Å². The number of pyridine rings is 1. The van der Waals surface area contributed by atoms with E-state index in [4.69, 9.17) is 9.40 Å². The lowest BCUT2D eigenvalue weighted by atomic mass is 10.00. The fraction of sp³-hybridized carbons (Fsp3) is 0.0909. The molecular weight excluding hydrogens is 354 g/mol. The molecule has 0 aliphatic carbocycles. The minimum atomic E-state index is 0.920. The lowest BCUT2D eigenvalue weighted by Gasteiger charge is -2.06. The van der Waals surface area contributed by atoms with E-state index in [2.05, 4.69) is 70.3 Å². The Morgan fingerprint density at radius 2 is 1.93 bits per heavy atom. The Labute approximate surface area is 159 Å². The topological polar surface area (TPSA) is 34.3 Å². The third kappa shape index (κ3) is 1.92. The summed E-state index contributed by atoms with van der Waals surface area (Å²) in [5.41, 5.74) is 8.42. The summed E-state index contributed by atoms with van der Waals surface area (Å²) < 4.78 is 10.7. The third-order valence-electron chi connectivity index (χ3n) is 5.30. The molecule has 0 N–H and O–H groups in total. The third-order valence-corrected chi connectivity index (χ3v) is 6.14. The molecule has 2 aromatic carbocycles. The molecule has 6 aromatic rings. The fourth-order valence-corrected chi connectivity index (χ4v) is 4.84. The zero-order valence-corrected chi connectivity index (χ0v) is 15.7. The molecule has 4 nitrogen and oxygen atoms in total. The number of hydrogen-bond donors (Lipinski definition) is 0. The molecule has 0 atom stereocenters. The molecule has 0 spiro atoms. The van der Waals surface area contributed by atoms with Gasteiger partial charge in [0.2, 0.25) is 5.69 Å². The van der Waals surface area contributed by atoms with Crippen LogP contribution in [0.2, 0.25) is 0 Å².